The van der Waals surface area contributed by atoms with Crippen LogP contribution in [0.4, 0.5) is 4.39 Å². The van der Waals surface area contributed by atoms with E-state index in [1.165, 1.54) is 30.0 Å². The quantitative estimate of drug-likeness (QED) is 0.781. The van der Waals surface area contributed by atoms with E-state index >= 15 is 0 Å². The van der Waals surface area contributed by atoms with Crippen LogP contribution in [0.25, 0.3) is 0 Å². The molecular formula is C16H11FN2OS. The second-order valence-electron chi connectivity index (χ2n) is 4.00. The van der Waals surface area contributed by atoms with E-state index < -0.39 is 5.82 Å². The third kappa shape index (κ3) is 3.16. The van der Waals surface area contributed by atoms with E-state index in [9.17, 15) is 9.65 Å². The summed E-state index contributed by atoms with van der Waals surface area (Å²) in [6, 6.07) is 13.3. The van der Waals surface area contributed by atoms with E-state index in [0.717, 1.165) is 10.6 Å². The lowest BCUT2D eigenvalue weighted by Crippen LogP contribution is -1.94. The van der Waals surface area contributed by atoms with Gasteiger partial charge in [0.2, 0.25) is 0 Å². The Bertz CT molecular complexity index is 747. The molecule has 0 aliphatic carbocycles. The minimum atomic E-state index is -0.646. The van der Waals surface area contributed by atoms with Crippen molar-refractivity contribution in [3.05, 3.63) is 53.3 Å². The lowest BCUT2D eigenvalue weighted by Gasteiger charge is -2.11. The molecule has 0 bridgehead atoms. The number of hydrogen-bond donors (Lipinski definition) is 0. The average molecular weight is 298 g/mol. The Morgan fingerprint density at radius 3 is 2.29 bits per heavy atom. The molecule has 3 nitrogen and oxygen atoms in total. The second kappa shape index (κ2) is 6.78. The molecule has 0 heterocycles. The standard InChI is InChI=1S/C16H11FN2OS/c1-2-21-16-8-4-7-15(12(16)10-19)20-14-6-3-5-13(17)11(14)9-18/h3-8H,2H2,1H3. The van der Waals surface area contributed by atoms with Crippen LogP contribution in [-0.4, -0.2) is 5.75 Å². The minimum absolute atomic E-state index is 0.104. The van der Waals surface area contributed by atoms with Crippen molar-refractivity contribution in [1.82, 2.24) is 0 Å². The highest BCUT2D eigenvalue weighted by molar-refractivity contribution is 7.99. The van der Waals surface area contributed by atoms with Crippen LogP contribution in [0.15, 0.2) is 41.3 Å². The molecule has 104 valence electrons. The lowest BCUT2D eigenvalue weighted by molar-refractivity contribution is 0.471. The number of rotatable bonds is 4. The summed E-state index contributed by atoms with van der Waals surface area (Å²) in [5.41, 5.74) is 0.215. The maximum Gasteiger partial charge on any atom is 0.148 e. The van der Waals surface area contributed by atoms with E-state index in [2.05, 4.69) is 6.07 Å². The van der Waals surface area contributed by atoms with Crippen LogP contribution in [0.5, 0.6) is 11.5 Å². The molecule has 0 atom stereocenters. The van der Waals surface area contributed by atoms with Crippen molar-refractivity contribution in [2.24, 2.45) is 0 Å². The van der Waals surface area contributed by atoms with Gasteiger partial charge < -0.3 is 4.74 Å². The van der Waals surface area contributed by atoms with Crippen molar-refractivity contribution in [2.75, 3.05) is 5.75 Å². The summed E-state index contributed by atoms with van der Waals surface area (Å²) >= 11 is 1.52. The summed E-state index contributed by atoms with van der Waals surface area (Å²) < 4.78 is 19.2. The summed E-state index contributed by atoms with van der Waals surface area (Å²) in [6.07, 6.45) is 0. The van der Waals surface area contributed by atoms with Crippen molar-refractivity contribution >= 4 is 11.8 Å². The van der Waals surface area contributed by atoms with Gasteiger partial charge in [-0.3, -0.25) is 0 Å². The molecule has 2 aromatic carbocycles. The average Bonchev–Trinajstić information content (AvgIpc) is 2.48. The Kier molecular flexibility index (Phi) is 4.81. The van der Waals surface area contributed by atoms with Gasteiger partial charge in [-0.25, -0.2) is 4.39 Å². The predicted molar refractivity (Wildman–Crippen MR) is 78.7 cm³/mol. The Morgan fingerprint density at radius 2 is 1.67 bits per heavy atom. The van der Waals surface area contributed by atoms with Gasteiger partial charge >= 0.3 is 0 Å². The summed E-state index contributed by atoms with van der Waals surface area (Å²) in [7, 11) is 0. The maximum atomic E-state index is 13.6. The third-order valence-electron chi connectivity index (χ3n) is 2.71. The summed E-state index contributed by atoms with van der Waals surface area (Å²) in [6.45, 7) is 1.99. The van der Waals surface area contributed by atoms with Gasteiger partial charge in [-0.2, -0.15) is 10.5 Å². The zero-order valence-electron chi connectivity index (χ0n) is 11.3. The van der Waals surface area contributed by atoms with Crippen LogP contribution >= 0.6 is 11.8 Å². The van der Waals surface area contributed by atoms with Crippen LogP contribution in [0.2, 0.25) is 0 Å². The number of ether oxygens (including phenoxy) is 1. The molecule has 0 aliphatic rings. The fourth-order valence-electron chi connectivity index (χ4n) is 1.80. The lowest BCUT2D eigenvalue weighted by atomic mass is 10.2. The number of nitrogens with zero attached hydrogens (tertiary/aromatic N) is 2. The molecule has 2 rings (SSSR count). The Morgan fingerprint density at radius 1 is 1.05 bits per heavy atom. The molecule has 2 aromatic rings. The molecule has 0 aliphatic heterocycles. The van der Waals surface area contributed by atoms with Crippen LogP contribution in [0.3, 0.4) is 0 Å². The monoisotopic (exact) mass is 298 g/mol. The maximum absolute atomic E-state index is 13.6. The Balaban J connectivity index is 2.46. The molecule has 0 N–H and O–H groups in total. The Hall–Kier alpha value is -2.50. The highest BCUT2D eigenvalue weighted by atomic mass is 32.2. The van der Waals surface area contributed by atoms with Gasteiger partial charge in [0.1, 0.15) is 40.6 Å². The highest BCUT2D eigenvalue weighted by Crippen LogP contribution is 2.33. The predicted octanol–water partition coefficient (Wildman–Crippen LogP) is 4.47. The van der Waals surface area contributed by atoms with Crippen LogP contribution < -0.4 is 4.74 Å². The van der Waals surface area contributed by atoms with Crippen LogP contribution in [-0.2, 0) is 0 Å². The molecule has 0 spiro atoms. The van der Waals surface area contributed by atoms with E-state index in [4.69, 9.17) is 10.00 Å². The number of nitriles is 2. The zero-order chi connectivity index (χ0) is 15.2. The topological polar surface area (TPSA) is 56.8 Å². The van der Waals surface area contributed by atoms with E-state index in [0.29, 0.717) is 11.3 Å². The van der Waals surface area contributed by atoms with Crippen molar-refractivity contribution in [2.45, 2.75) is 11.8 Å². The van der Waals surface area contributed by atoms with Gasteiger partial charge in [0.05, 0.1) is 0 Å². The smallest absolute Gasteiger partial charge is 0.148 e. The second-order valence-corrected chi connectivity index (χ2v) is 5.31. The van der Waals surface area contributed by atoms with E-state index in [1.54, 1.807) is 18.2 Å². The Labute approximate surface area is 126 Å². The first kappa shape index (κ1) is 14.9. The summed E-state index contributed by atoms with van der Waals surface area (Å²) in [5, 5.41) is 18.3. The molecular weight excluding hydrogens is 287 g/mol. The zero-order valence-corrected chi connectivity index (χ0v) is 12.1. The fourth-order valence-corrected chi connectivity index (χ4v) is 2.57. The number of halogens is 1. The molecule has 0 fully saturated rings. The number of benzene rings is 2. The summed E-state index contributed by atoms with van der Waals surface area (Å²) in [5.74, 6) is 0.597. The first-order chi connectivity index (χ1) is 10.2. The molecule has 0 aromatic heterocycles. The van der Waals surface area contributed by atoms with Gasteiger partial charge in [0, 0.05) is 4.90 Å². The first-order valence-corrected chi connectivity index (χ1v) is 7.22. The van der Waals surface area contributed by atoms with Gasteiger partial charge in [-0.15, -0.1) is 11.8 Å². The van der Waals surface area contributed by atoms with Crippen molar-refractivity contribution < 1.29 is 9.13 Å². The van der Waals surface area contributed by atoms with E-state index in [-0.39, 0.29) is 11.3 Å². The third-order valence-corrected chi connectivity index (χ3v) is 3.65. The molecule has 0 saturated carbocycles. The fraction of sp³-hybridized carbons (Fsp3) is 0.125. The van der Waals surface area contributed by atoms with Crippen molar-refractivity contribution in [1.29, 1.82) is 10.5 Å². The SMILES string of the molecule is CCSc1cccc(Oc2cccc(F)c2C#N)c1C#N. The van der Waals surface area contributed by atoms with E-state index in [1.807, 2.05) is 13.0 Å². The summed E-state index contributed by atoms with van der Waals surface area (Å²) in [4.78, 5) is 0.799. The van der Waals surface area contributed by atoms with Gasteiger partial charge in [0.25, 0.3) is 0 Å². The van der Waals surface area contributed by atoms with Crippen LogP contribution in [0.1, 0.15) is 18.1 Å². The van der Waals surface area contributed by atoms with Crippen molar-refractivity contribution in [3.63, 3.8) is 0 Å². The molecule has 0 unspecified atom stereocenters. The number of thioether (sulfide) groups is 1. The van der Waals surface area contributed by atoms with Crippen LogP contribution in [0, 0.1) is 28.5 Å². The van der Waals surface area contributed by atoms with Gasteiger partial charge in [0.15, 0.2) is 0 Å². The molecule has 0 amide bonds. The molecule has 21 heavy (non-hydrogen) atoms. The first-order valence-electron chi connectivity index (χ1n) is 6.23. The van der Waals surface area contributed by atoms with Gasteiger partial charge in [-0.05, 0) is 30.0 Å². The van der Waals surface area contributed by atoms with Gasteiger partial charge in [-0.1, -0.05) is 19.1 Å². The highest BCUT2D eigenvalue weighted by Gasteiger charge is 2.14. The van der Waals surface area contributed by atoms with Crippen molar-refractivity contribution in [3.8, 4) is 23.6 Å². The molecule has 0 radical (unpaired) electrons. The molecule has 0 saturated heterocycles. The normalized spacial score (nSPS) is 9.71. The minimum Gasteiger partial charge on any atom is -0.454 e. The largest absolute Gasteiger partial charge is 0.454 e. The number of hydrogen-bond acceptors (Lipinski definition) is 4. The molecule has 5 heteroatoms.